The fraction of sp³-hybridized carbons (Fsp3) is 0.143. The standard InChI is InChI=1S/C7H6FNO2/c1-11-6-5(4-10)2-3-9-7(6)8/h2-4H,1H3. The smallest absolute Gasteiger partial charge is 0.255 e. The van der Waals surface area contributed by atoms with Crippen LogP contribution in [-0.2, 0) is 0 Å². The largest absolute Gasteiger partial charge is 0.491 e. The molecule has 58 valence electrons. The van der Waals surface area contributed by atoms with Crippen LogP contribution >= 0.6 is 0 Å². The van der Waals surface area contributed by atoms with E-state index in [9.17, 15) is 9.18 Å². The third kappa shape index (κ3) is 1.34. The maximum Gasteiger partial charge on any atom is 0.255 e. The van der Waals surface area contributed by atoms with Crippen LogP contribution in [0.5, 0.6) is 5.75 Å². The molecule has 1 aromatic rings. The van der Waals surface area contributed by atoms with Crippen LogP contribution in [0.2, 0.25) is 0 Å². The lowest BCUT2D eigenvalue weighted by Gasteiger charge is -2.01. The predicted octanol–water partition coefficient (Wildman–Crippen LogP) is 1.04. The Hall–Kier alpha value is -1.45. The van der Waals surface area contributed by atoms with E-state index in [0.29, 0.717) is 6.29 Å². The minimum absolute atomic E-state index is 0.109. The Kier molecular flexibility index (Phi) is 2.15. The van der Waals surface area contributed by atoms with Gasteiger partial charge >= 0.3 is 0 Å². The van der Waals surface area contributed by atoms with Crippen LogP contribution in [0.4, 0.5) is 4.39 Å². The van der Waals surface area contributed by atoms with Gasteiger partial charge in [-0.2, -0.15) is 4.39 Å². The van der Waals surface area contributed by atoms with E-state index in [-0.39, 0.29) is 11.3 Å². The van der Waals surface area contributed by atoms with Crippen molar-refractivity contribution in [3.8, 4) is 5.75 Å². The summed E-state index contributed by atoms with van der Waals surface area (Å²) in [4.78, 5) is 13.6. The van der Waals surface area contributed by atoms with E-state index >= 15 is 0 Å². The van der Waals surface area contributed by atoms with Crippen molar-refractivity contribution in [1.82, 2.24) is 4.98 Å². The molecule has 0 aliphatic heterocycles. The zero-order chi connectivity index (χ0) is 8.27. The second kappa shape index (κ2) is 3.09. The van der Waals surface area contributed by atoms with Gasteiger partial charge in [-0.05, 0) is 6.07 Å². The molecule has 0 atom stereocenters. The first-order chi connectivity index (χ1) is 5.29. The summed E-state index contributed by atoms with van der Waals surface area (Å²) in [6, 6.07) is 1.38. The first-order valence-electron chi connectivity index (χ1n) is 2.93. The Bertz CT molecular complexity index is 275. The van der Waals surface area contributed by atoms with Crippen molar-refractivity contribution in [2.75, 3.05) is 7.11 Å². The van der Waals surface area contributed by atoms with E-state index in [1.54, 1.807) is 0 Å². The number of nitrogens with zero attached hydrogens (tertiary/aromatic N) is 1. The zero-order valence-corrected chi connectivity index (χ0v) is 5.87. The summed E-state index contributed by atoms with van der Waals surface area (Å²) in [7, 11) is 1.28. The van der Waals surface area contributed by atoms with E-state index in [0.717, 1.165) is 0 Å². The summed E-state index contributed by atoms with van der Waals surface area (Å²) in [6.45, 7) is 0. The molecular weight excluding hydrogens is 149 g/mol. The number of rotatable bonds is 2. The second-order valence-electron chi connectivity index (χ2n) is 1.84. The second-order valence-corrected chi connectivity index (χ2v) is 1.84. The average Bonchev–Trinajstić information content (AvgIpc) is 2.04. The van der Waals surface area contributed by atoms with Crippen LogP contribution in [0.15, 0.2) is 12.3 Å². The first kappa shape index (κ1) is 7.65. The van der Waals surface area contributed by atoms with Gasteiger partial charge in [0.25, 0.3) is 5.95 Å². The van der Waals surface area contributed by atoms with Gasteiger partial charge in [-0.25, -0.2) is 4.98 Å². The van der Waals surface area contributed by atoms with E-state index in [1.807, 2.05) is 0 Å². The van der Waals surface area contributed by atoms with Gasteiger partial charge in [0, 0.05) is 6.20 Å². The Labute approximate surface area is 62.8 Å². The summed E-state index contributed by atoms with van der Waals surface area (Å²) in [5.74, 6) is -0.875. The highest BCUT2D eigenvalue weighted by atomic mass is 19.1. The number of carbonyl (C=O) groups is 1. The monoisotopic (exact) mass is 155 g/mol. The van der Waals surface area contributed by atoms with E-state index in [2.05, 4.69) is 9.72 Å². The molecule has 3 nitrogen and oxygen atoms in total. The highest BCUT2D eigenvalue weighted by Crippen LogP contribution is 2.17. The van der Waals surface area contributed by atoms with Gasteiger partial charge in [0.05, 0.1) is 12.7 Å². The number of carbonyl (C=O) groups excluding carboxylic acids is 1. The van der Waals surface area contributed by atoms with Gasteiger partial charge in [0.2, 0.25) is 0 Å². The van der Waals surface area contributed by atoms with Crippen molar-refractivity contribution in [2.24, 2.45) is 0 Å². The third-order valence-electron chi connectivity index (χ3n) is 1.22. The first-order valence-corrected chi connectivity index (χ1v) is 2.93. The molecule has 0 saturated heterocycles. The van der Waals surface area contributed by atoms with Crippen LogP contribution < -0.4 is 4.74 Å². The lowest BCUT2D eigenvalue weighted by molar-refractivity contribution is 0.111. The van der Waals surface area contributed by atoms with Crippen molar-refractivity contribution >= 4 is 6.29 Å². The maximum absolute atomic E-state index is 12.6. The molecule has 11 heavy (non-hydrogen) atoms. The van der Waals surface area contributed by atoms with Crippen molar-refractivity contribution in [1.29, 1.82) is 0 Å². The van der Waals surface area contributed by atoms with Crippen LogP contribution in [0.25, 0.3) is 0 Å². The lowest BCUT2D eigenvalue weighted by Crippen LogP contribution is -1.95. The summed E-state index contributed by atoms with van der Waals surface area (Å²) < 4.78 is 17.2. The molecule has 1 heterocycles. The van der Waals surface area contributed by atoms with Crippen LogP contribution in [0, 0.1) is 5.95 Å². The normalized spacial score (nSPS) is 9.27. The lowest BCUT2D eigenvalue weighted by atomic mass is 10.3. The Morgan fingerprint density at radius 3 is 2.91 bits per heavy atom. The molecule has 0 aliphatic carbocycles. The third-order valence-corrected chi connectivity index (χ3v) is 1.22. The van der Waals surface area contributed by atoms with Gasteiger partial charge < -0.3 is 4.74 Å². The van der Waals surface area contributed by atoms with Gasteiger partial charge in [-0.3, -0.25) is 4.79 Å². The Morgan fingerprint density at radius 2 is 2.45 bits per heavy atom. The van der Waals surface area contributed by atoms with Crippen LogP contribution in [-0.4, -0.2) is 18.4 Å². The molecule has 0 radical (unpaired) electrons. The Morgan fingerprint density at radius 1 is 1.73 bits per heavy atom. The SMILES string of the molecule is COc1c(C=O)ccnc1F. The molecule has 0 aromatic carbocycles. The number of ether oxygens (including phenoxy) is 1. The number of halogens is 1. The molecule has 1 aromatic heterocycles. The number of pyridine rings is 1. The summed E-state index contributed by atoms with van der Waals surface area (Å²) >= 11 is 0. The minimum atomic E-state index is -0.767. The predicted molar refractivity (Wildman–Crippen MR) is 36.1 cm³/mol. The molecule has 0 unspecified atom stereocenters. The van der Waals surface area contributed by atoms with Gasteiger partial charge in [0.1, 0.15) is 0 Å². The van der Waals surface area contributed by atoms with E-state index < -0.39 is 5.95 Å². The summed E-state index contributed by atoms with van der Waals surface area (Å²) in [5.41, 5.74) is 0.167. The van der Waals surface area contributed by atoms with Crippen molar-refractivity contribution in [3.63, 3.8) is 0 Å². The van der Waals surface area contributed by atoms with Gasteiger partial charge in [-0.15, -0.1) is 0 Å². The highest BCUT2D eigenvalue weighted by Gasteiger charge is 2.07. The number of aldehydes is 1. The molecule has 0 spiro atoms. The molecule has 1 rings (SSSR count). The number of hydrogen-bond donors (Lipinski definition) is 0. The summed E-state index contributed by atoms with van der Waals surface area (Å²) in [5, 5.41) is 0. The van der Waals surface area contributed by atoms with Crippen LogP contribution in [0.3, 0.4) is 0 Å². The van der Waals surface area contributed by atoms with Crippen molar-refractivity contribution in [3.05, 3.63) is 23.8 Å². The average molecular weight is 155 g/mol. The fourth-order valence-corrected chi connectivity index (χ4v) is 0.731. The molecule has 4 heteroatoms. The topological polar surface area (TPSA) is 39.2 Å². The molecule has 0 amide bonds. The number of hydrogen-bond acceptors (Lipinski definition) is 3. The molecule has 0 bridgehead atoms. The van der Waals surface area contributed by atoms with E-state index in [4.69, 9.17) is 0 Å². The van der Waals surface area contributed by atoms with Gasteiger partial charge in [0.15, 0.2) is 12.0 Å². The molecule has 0 N–H and O–H groups in total. The quantitative estimate of drug-likeness (QED) is 0.473. The molecular formula is C7H6FNO2. The Balaban J connectivity index is 3.23. The van der Waals surface area contributed by atoms with E-state index in [1.165, 1.54) is 19.4 Å². The molecule has 0 aliphatic rings. The minimum Gasteiger partial charge on any atom is -0.491 e. The maximum atomic E-state index is 12.6. The van der Waals surface area contributed by atoms with Crippen molar-refractivity contribution in [2.45, 2.75) is 0 Å². The number of aromatic nitrogens is 1. The highest BCUT2D eigenvalue weighted by molar-refractivity contribution is 5.78. The fourth-order valence-electron chi connectivity index (χ4n) is 0.731. The van der Waals surface area contributed by atoms with Crippen molar-refractivity contribution < 1.29 is 13.9 Å². The van der Waals surface area contributed by atoms with Crippen LogP contribution in [0.1, 0.15) is 10.4 Å². The summed E-state index contributed by atoms with van der Waals surface area (Å²) in [6.07, 6.45) is 1.73. The number of methoxy groups -OCH3 is 1. The van der Waals surface area contributed by atoms with Gasteiger partial charge in [-0.1, -0.05) is 0 Å². The zero-order valence-electron chi connectivity index (χ0n) is 5.87. The molecule has 0 saturated carbocycles. The molecule has 0 fully saturated rings.